The Balaban J connectivity index is 3.38. The van der Waals surface area contributed by atoms with Crippen molar-refractivity contribution in [3.63, 3.8) is 0 Å². The highest BCUT2D eigenvalue weighted by molar-refractivity contribution is 5.87. The second kappa shape index (κ2) is 17.0. The van der Waals surface area contributed by atoms with Crippen molar-refractivity contribution >= 4 is 5.97 Å². The SMILES string of the molecule is C=C(CCCCCCCCCCC)C(=O)OCCCCCC(C)C. The van der Waals surface area contributed by atoms with Gasteiger partial charge >= 0.3 is 5.97 Å². The fourth-order valence-corrected chi connectivity index (χ4v) is 2.85. The third-order valence-electron chi connectivity index (χ3n) is 4.53. The van der Waals surface area contributed by atoms with E-state index in [2.05, 4.69) is 27.4 Å². The summed E-state index contributed by atoms with van der Waals surface area (Å²) in [6.45, 7) is 11.2. The molecule has 0 atom stereocenters. The minimum Gasteiger partial charge on any atom is -0.462 e. The molecule has 0 radical (unpaired) electrons. The van der Waals surface area contributed by atoms with E-state index in [1.165, 1.54) is 64.2 Å². The first-order chi connectivity index (χ1) is 11.6. The lowest BCUT2D eigenvalue weighted by Gasteiger charge is -2.08. The molecule has 0 unspecified atom stereocenters. The Hall–Kier alpha value is -0.790. The standard InChI is InChI=1S/C22H42O2/c1-5-6-7-8-9-10-11-12-15-18-21(4)22(23)24-19-16-13-14-17-20(2)3/h20H,4-19H2,1-3H3. The van der Waals surface area contributed by atoms with Crippen molar-refractivity contribution in [3.05, 3.63) is 12.2 Å². The van der Waals surface area contributed by atoms with Crippen molar-refractivity contribution in [1.82, 2.24) is 0 Å². The van der Waals surface area contributed by atoms with Gasteiger partial charge in [0.2, 0.25) is 0 Å². The van der Waals surface area contributed by atoms with Crippen LogP contribution in [0.4, 0.5) is 0 Å². The van der Waals surface area contributed by atoms with Crippen LogP contribution in [-0.4, -0.2) is 12.6 Å². The van der Waals surface area contributed by atoms with Gasteiger partial charge in [0.25, 0.3) is 0 Å². The summed E-state index contributed by atoms with van der Waals surface area (Å²) in [7, 11) is 0. The quantitative estimate of drug-likeness (QED) is 0.159. The molecular weight excluding hydrogens is 296 g/mol. The average molecular weight is 339 g/mol. The van der Waals surface area contributed by atoms with E-state index in [9.17, 15) is 4.79 Å². The number of unbranched alkanes of at least 4 members (excludes halogenated alkanes) is 10. The fourth-order valence-electron chi connectivity index (χ4n) is 2.85. The minimum atomic E-state index is -0.182. The smallest absolute Gasteiger partial charge is 0.333 e. The lowest BCUT2D eigenvalue weighted by molar-refractivity contribution is -0.139. The van der Waals surface area contributed by atoms with Gasteiger partial charge in [0.1, 0.15) is 0 Å². The minimum absolute atomic E-state index is 0.182. The van der Waals surface area contributed by atoms with Crippen LogP contribution in [0.2, 0.25) is 0 Å². The van der Waals surface area contributed by atoms with Crippen LogP contribution in [0, 0.1) is 5.92 Å². The van der Waals surface area contributed by atoms with Crippen molar-refractivity contribution in [2.45, 2.75) is 111 Å². The van der Waals surface area contributed by atoms with Crippen LogP contribution in [0.15, 0.2) is 12.2 Å². The number of carbonyl (C=O) groups excluding carboxylic acids is 1. The highest BCUT2D eigenvalue weighted by Crippen LogP contribution is 2.14. The molecule has 142 valence electrons. The van der Waals surface area contributed by atoms with E-state index in [0.29, 0.717) is 12.2 Å². The molecule has 0 saturated carbocycles. The molecule has 0 aliphatic rings. The van der Waals surface area contributed by atoms with Gasteiger partial charge < -0.3 is 4.74 Å². The van der Waals surface area contributed by atoms with Crippen LogP contribution in [0.25, 0.3) is 0 Å². The molecule has 0 aromatic heterocycles. The molecule has 2 nitrogen and oxygen atoms in total. The maximum atomic E-state index is 11.8. The Bertz CT molecular complexity index is 307. The number of carbonyl (C=O) groups is 1. The van der Waals surface area contributed by atoms with E-state index in [1.807, 2.05) is 0 Å². The maximum absolute atomic E-state index is 11.8. The van der Waals surface area contributed by atoms with Gasteiger partial charge in [-0.15, -0.1) is 0 Å². The molecule has 0 N–H and O–H groups in total. The molecule has 2 heteroatoms. The fraction of sp³-hybridized carbons (Fsp3) is 0.864. The molecule has 24 heavy (non-hydrogen) atoms. The van der Waals surface area contributed by atoms with E-state index in [0.717, 1.165) is 31.6 Å². The maximum Gasteiger partial charge on any atom is 0.333 e. The van der Waals surface area contributed by atoms with Gasteiger partial charge in [-0.1, -0.05) is 98.0 Å². The Morgan fingerprint density at radius 3 is 1.96 bits per heavy atom. The molecule has 0 rings (SSSR count). The van der Waals surface area contributed by atoms with E-state index in [-0.39, 0.29) is 5.97 Å². The van der Waals surface area contributed by atoms with Crippen molar-refractivity contribution in [3.8, 4) is 0 Å². The van der Waals surface area contributed by atoms with Gasteiger partial charge in [0.15, 0.2) is 0 Å². The van der Waals surface area contributed by atoms with Crippen LogP contribution >= 0.6 is 0 Å². The zero-order valence-electron chi connectivity index (χ0n) is 16.7. The Labute approximate surface area is 151 Å². The van der Waals surface area contributed by atoms with Crippen LogP contribution < -0.4 is 0 Å². The summed E-state index contributed by atoms with van der Waals surface area (Å²) in [5.74, 6) is 0.585. The Morgan fingerprint density at radius 2 is 1.38 bits per heavy atom. The first kappa shape index (κ1) is 23.2. The molecule has 0 heterocycles. The van der Waals surface area contributed by atoms with Crippen LogP contribution in [-0.2, 0) is 9.53 Å². The Morgan fingerprint density at radius 1 is 0.833 bits per heavy atom. The zero-order valence-corrected chi connectivity index (χ0v) is 16.7. The van der Waals surface area contributed by atoms with Crippen molar-refractivity contribution < 1.29 is 9.53 Å². The first-order valence-electron chi connectivity index (χ1n) is 10.4. The predicted octanol–water partition coefficient (Wildman–Crippen LogP) is 7.22. The number of esters is 1. The molecule has 0 amide bonds. The number of ether oxygens (including phenoxy) is 1. The largest absolute Gasteiger partial charge is 0.462 e. The summed E-state index contributed by atoms with van der Waals surface area (Å²) in [5.41, 5.74) is 0.653. The first-order valence-corrected chi connectivity index (χ1v) is 10.4. The highest BCUT2D eigenvalue weighted by Gasteiger charge is 2.07. The molecular formula is C22H42O2. The van der Waals surface area contributed by atoms with Crippen molar-refractivity contribution in [2.24, 2.45) is 5.92 Å². The van der Waals surface area contributed by atoms with Crippen LogP contribution in [0.1, 0.15) is 111 Å². The third kappa shape index (κ3) is 16.1. The number of hydrogen-bond donors (Lipinski definition) is 0. The molecule has 0 aliphatic carbocycles. The van der Waals surface area contributed by atoms with Gasteiger partial charge in [0.05, 0.1) is 6.61 Å². The number of rotatable bonds is 17. The second-order valence-electron chi connectivity index (χ2n) is 7.56. The van der Waals surface area contributed by atoms with Gasteiger partial charge in [-0.2, -0.15) is 0 Å². The molecule has 0 aromatic carbocycles. The monoisotopic (exact) mass is 338 g/mol. The lowest BCUT2D eigenvalue weighted by atomic mass is 10.0. The second-order valence-corrected chi connectivity index (χ2v) is 7.56. The molecule has 0 fully saturated rings. The summed E-state index contributed by atoms with van der Waals surface area (Å²) in [5, 5.41) is 0. The molecule has 0 aliphatic heterocycles. The van der Waals surface area contributed by atoms with Gasteiger partial charge in [-0.3, -0.25) is 0 Å². The van der Waals surface area contributed by atoms with E-state index in [1.54, 1.807) is 0 Å². The lowest BCUT2D eigenvalue weighted by Crippen LogP contribution is -2.08. The summed E-state index contributed by atoms with van der Waals surface area (Å²) in [6, 6.07) is 0. The van der Waals surface area contributed by atoms with E-state index >= 15 is 0 Å². The molecule has 0 aromatic rings. The highest BCUT2D eigenvalue weighted by atomic mass is 16.5. The van der Waals surface area contributed by atoms with Crippen molar-refractivity contribution in [1.29, 1.82) is 0 Å². The van der Waals surface area contributed by atoms with E-state index in [4.69, 9.17) is 4.74 Å². The average Bonchev–Trinajstić information content (AvgIpc) is 2.55. The number of hydrogen-bond acceptors (Lipinski definition) is 2. The zero-order chi connectivity index (χ0) is 18.0. The molecule has 0 saturated heterocycles. The van der Waals surface area contributed by atoms with Crippen molar-refractivity contribution in [2.75, 3.05) is 6.61 Å². The van der Waals surface area contributed by atoms with Crippen LogP contribution in [0.5, 0.6) is 0 Å². The molecule has 0 spiro atoms. The summed E-state index contributed by atoms with van der Waals surface area (Å²) < 4.78 is 5.31. The van der Waals surface area contributed by atoms with Gasteiger partial charge in [0, 0.05) is 5.57 Å². The normalized spacial score (nSPS) is 11.0. The Kier molecular flexibility index (Phi) is 16.5. The third-order valence-corrected chi connectivity index (χ3v) is 4.53. The summed E-state index contributed by atoms with van der Waals surface area (Å²) in [4.78, 5) is 11.8. The van der Waals surface area contributed by atoms with E-state index < -0.39 is 0 Å². The van der Waals surface area contributed by atoms with Gasteiger partial charge in [-0.05, 0) is 25.2 Å². The van der Waals surface area contributed by atoms with Gasteiger partial charge in [-0.25, -0.2) is 4.79 Å². The van der Waals surface area contributed by atoms with Crippen LogP contribution in [0.3, 0.4) is 0 Å². The summed E-state index contributed by atoms with van der Waals surface area (Å²) in [6.07, 6.45) is 17.1. The predicted molar refractivity (Wildman–Crippen MR) is 105 cm³/mol. The topological polar surface area (TPSA) is 26.3 Å². The molecule has 0 bridgehead atoms. The summed E-state index contributed by atoms with van der Waals surface area (Å²) >= 11 is 0.